The van der Waals surface area contributed by atoms with Crippen molar-refractivity contribution < 1.29 is 23.3 Å². The van der Waals surface area contributed by atoms with Gasteiger partial charge in [0.25, 0.3) is 0 Å². The van der Waals surface area contributed by atoms with Crippen LogP contribution in [0.25, 0.3) is 0 Å². The van der Waals surface area contributed by atoms with E-state index in [9.17, 15) is 0 Å². The Balaban J connectivity index is -0.00000000500. The Kier molecular flexibility index (Phi) is 898. The molecule has 0 spiro atoms. The van der Waals surface area contributed by atoms with Crippen LogP contribution in [0.1, 0.15) is 0 Å². The topological polar surface area (TPSA) is 101 Å². The summed E-state index contributed by atoms with van der Waals surface area (Å²) in [7, 11) is 0. The first-order chi connectivity index (χ1) is 5.00. The molecule has 0 saturated heterocycles. The van der Waals surface area contributed by atoms with Crippen LogP contribution in [-0.4, -0.2) is 82.4 Å². The normalized spacial score (nSPS) is 2.50. The molecule has 12 heteroatoms. The molecule has 0 aromatic heterocycles. The summed E-state index contributed by atoms with van der Waals surface area (Å²) in [6.45, 7) is 0. The molecule has 0 aliphatic heterocycles. The van der Waals surface area contributed by atoms with E-state index >= 15 is 0 Å². The summed E-state index contributed by atoms with van der Waals surface area (Å²) in [5.41, 5.74) is 0. The first kappa shape index (κ1) is 45.5. The predicted octanol–water partition coefficient (Wildman–Crippen LogP) is -0.634. The van der Waals surface area contributed by atoms with Crippen LogP contribution in [0, 0.1) is 0 Å². The van der Waals surface area contributed by atoms with Crippen LogP contribution in [0.15, 0.2) is 0 Å². The van der Waals surface area contributed by atoms with Crippen LogP contribution in [-0.2, 0) is 0 Å². The Labute approximate surface area is 140 Å². The quantitative estimate of drug-likeness (QED) is 0.383. The number of hydrogen-bond donors (Lipinski definition) is 5. The molecule has 0 rings (SSSR count). The molecule has 0 saturated carbocycles. The average Bonchev–Trinajstić information content (AvgIpc) is 2.20. The Morgan fingerprint density at radius 1 is 0.333 bits per heavy atom. The zero-order valence-electron chi connectivity index (χ0n) is 4.13. The maximum atomic E-state index is 6.47. The summed E-state index contributed by atoms with van der Waals surface area (Å²) >= 11 is 18.2. The summed E-state index contributed by atoms with van der Waals surface area (Å²) in [5.74, 6) is 0. The van der Waals surface area contributed by atoms with Gasteiger partial charge in [0.15, 0.2) is 0 Å². The summed E-state index contributed by atoms with van der Waals surface area (Å²) in [6.07, 6.45) is 0. The van der Waals surface area contributed by atoms with Crippen molar-refractivity contribution in [1.82, 2.24) is 0 Å². The van der Waals surface area contributed by atoms with Gasteiger partial charge in [0.1, 0.15) is 0 Å². The summed E-state index contributed by atoms with van der Waals surface area (Å²) < 4.78 is 32.4. The molecular formula is H7Cl5Na2O5. The van der Waals surface area contributed by atoms with E-state index in [0.29, 0.717) is 0 Å². The molecule has 0 unspecified atom stereocenters. The zero-order chi connectivity index (χ0) is 10.0. The van der Waals surface area contributed by atoms with E-state index in [1.165, 1.54) is 0 Å². The Hall–Kier alpha value is 3.25. The fourth-order valence-electron chi connectivity index (χ4n) is 0. The van der Waals surface area contributed by atoms with Gasteiger partial charge < -0.3 is 0 Å². The molecule has 0 atom stereocenters. The van der Waals surface area contributed by atoms with E-state index in [4.69, 9.17) is 23.3 Å². The third-order valence-electron chi connectivity index (χ3n) is 0. The van der Waals surface area contributed by atoms with Crippen molar-refractivity contribution in [1.29, 1.82) is 0 Å². The minimum absolute atomic E-state index is 0. The number of halogens is 5. The predicted molar refractivity (Wildman–Crippen MR) is 54.7 cm³/mol. The minimum atomic E-state index is 0. The third-order valence-corrected chi connectivity index (χ3v) is 0. The number of hydrogen-bond acceptors (Lipinski definition) is 5. The van der Waals surface area contributed by atoms with Gasteiger partial charge in [0.05, 0.1) is 59.3 Å². The van der Waals surface area contributed by atoms with Crippen molar-refractivity contribution in [3.63, 3.8) is 0 Å². The first-order valence-corrected chi connectivity index (χ1v) is 2.54. The Bertz CT molecular complexity index is 17.8. The molecule has 0 aliphatic carbocycles. The van der Waals surface area contributed by atoms with Gasteiger partial charge in [-0.3, -0.25) is 23.3 Å². The molecule has 0 bridgehead atoms. The van der Waals surface area contributed by atoms with Gasteiger partial charge in [0, 0.05) is 0 Å². The first-order valence-electron chi connectivity index (χ1n) is 0.845. The van der Waals surface area contributed by atoms with Crippen LogP contribution in [0.3, 0.4) is 0 Å². The molecule has 0 aliphatic rings. The standard InChI is InChI=1S/5ClHO.2Na.2H/c5*1-2;;;;/h5*2H;;;;. The molecule has 0 aromatic rings. The van der Waals surface area contributed by atoms with Gasteiger partial charge in [-0.2, -0.15) is 0 Å². The molecule has 74 valence electrons. The third kappa shape index (κ3) is 188. The van der Waals surface area contributed by atoms with E-state index in [0.717, 1.165) is 0 Å². The fraction of sp³-hybridized carbons (Fsp3) is 0. The van der Waals surface area contributed by atoms with E-state index in [1.807, 2.05) is 0 Å². The van der Waals surface area contributed by atoms with Gasteiger partial charge in [-0.1, -0.05) is 0 Å². The van der Waals surface area contributed by atoms with Gasteiger partial charge in [-0.05, 0) is 0 Å². The van der Waals surface area contributed by atoms with Gasteiger partial charge in [-0.15, -0.1) is 0 Å². The molecule has 0 aromatic carbocycles. The van der Waals surface area contributed by atoms with Crippen LogP contribution < -0.4 is 0 Å². The molecule has 12 heavy (non-hydrogen) atoms. The molecule has 0 radical (unpaired) electrons. The molecule has 5 nitrogen and oxygen atoms in total. The zero-order valence-corrected chi connectivity index (χ0v) is 7.91. The van der Waals surface area contributed by atoms with Crippen molar-refractivity contribution in [3.05, 3.63) is 0 Å². The molecule has 5 N–H and O–H groups in total. The second kappa shape index (κ2) is 237. The summed E-state index contributed by atoms with van der Waals surface area (Å²) in [6, 6.07) is 0. The van der Waals surface area contributed by atoms with E-state index in [-0.39, 0.29) is 59.1 Å². The Morgan fingerprint density at radius 3 is 0.333 bits per heavy atom. The monoisotopic (exact) mass is 308 g/mol. The van der Waals surface area contributed by atoms with Crippen molar-refractivity contribution in [3.8, 4) is 0 Å². The molecule has 0 heterocycles. The molecule has 0 amide bonds. The molecular weight excluding hydrogens is 303 g/mol. The van der Waals surface area contributed by atoms with Gasteiger partial charge in [-0.25, -0.2) is 0 Å². The van der Waals surface area contributed by atoms with Crippen molar-refractivity contribution >= 4 is 118 Å². The maximum absolute atomic E-state index is 6.47. The summed E-state index contributed by atoms with van der Waals surface area (Å²) in [4.78, 5) is 0. The second-order valence-corrected chi connectivity index (χ2v) is 0. The fourth-order valence-corrected chi connectivity index (χ4v) is 0. The van der Waals surface area contributed by atoms with Gasteiger partial charge in [0.2, 0.25) is 0 Å². The SMILES string of the molecule is OCl.OCl.OCl.OCl.OCl.[NaH].[NaH]. The summed E-state index contributed by atoms with van der Waals surface area (Å²) in [5, 5.41) is 0. The molecule has 0 fully saturated rings. The van der Waals surface area contributed by atoms with E-state index in [2.05, 4.69) is 59.3 Å². The van der Waals surface area contributed by atoms with E-state index < -0.39 is 0 Å². The van der Waals surface area contributed by atoms with Crippen LogP contribution in [0.5, 0.6) is 0 Å². The van der Waals surface area contributed by atoms with E-state index in [1.54, 1.807) is 0 Å². The van der Waals surface area contributed by atoms with Crippen LogP contribution in [0.4, 0.5) is 0 Å². The van der Waals surface area contributed by atoms with Crippen molar-refractivity contribution in [2.45, 2.75) is 0 Å². The van der Waals surface area contributed by atoms with Crippen molar-refractivity contribution in [2.24, 2.45) is 0 Å². The average molecular weight is 310 g/mol. The number of rotatable bonds is 0. The van der Waals surface area contributed by atoms with Crippen molar-refractivity contribution in [2.75, 3.05) is 0 Å². The van der Waals surface area contributed by atoms with Gasteiger partial charge >= 0.3 is 59.1 Å². The van der Waals surface area contributed by atoms with Crippen LogP contribution in [0.2, 0.25) is 0 Å². The second-order valence-electron chi connectivity index (χ2n) is 0. The Morgan fingerprint density at radius 2 is 0.333 bits per heavy atom. The van der Waals surface area contributed by atoms with Crippen LogP contribution >= 0.6 is 59.3 Å².